The Kier molecular flexibility index (Phi) is 18.6. The predicted octanol–water partition coefficient (Wildman–Crippen LogP) is 9.54. The third kappa shape index (κ3) is 14.0. The second-order valence-electron chi connectivity index (χ2n) is 16.0. The van der Waals surface area contributed by atoms with Gasteiger partial charge in [0.2, 0.25) is 0 Å². The summed E-state index contributed by atoms with van der Waals surface area (Å²) in [6.07, 6.45) is 18.3. The number of terminal acetylenes is 1. The van der Waals surface area contributed by atoms with E-state index in [1.807, 2.05) is 0 Å². The highest BCUT2D eigenvalue weighted by atomic mass is 31.2. The van der Waals surface area contributed by atoms with Crippen LogP contribution >= 0.6 is 7.75 Å². The van der Waals surface area contributed by atoms with Crippen molar-refractivity contribution in [2.24, 2.45) is 5.92 Å². The summed E-state index contributed by atoms with van der Waals surface area (Å²) in [5.41, 5.74) is 4.03. The number of nitrogens with two attached hydrogens (primary N) is 1. The molecule has 0 radical (unpaired) electrons. The van der Waals surface area contributed by atoms with Crippen LogP contribution in [0.1, 0.15) is 122 Å². The first kappa shape index (κ1) is 48.5. The molecule has 2 aromatic carbocycles. The van der Waals surface area contributed by atoms with E-state index < -0.39 is 62.0 Å². The van der Waals surface area contributed by atoms with E-state index in [0.717, 1.165) is 76.3 Å². The molecular formula is C45H60F3N6O7P. The maximum Gasteiger partial charge on any atom is 0.459 e. The quantitative estimate of drug-likeness (QED) is 0.0171. The number of fused-ring (bicyclic) bond motifs is 1. The Bertz CT molecular complexity index is 2090. The van der Waals surface area contributed by atoms with Crippen LogP contribution in [0, 0.1) is 36.0 Å². The Morgan fingerprint density at radius 1 is 1.00 bits per heavy atom. The first-order valence-electron chi connectivity index (χ1n) is 21.7. The molecule has 4 aromatic rings. The zero-order chi connectivity index (χ0) is 44.5. The molecule has 1 aliphatic rings. The molecule has 0 unspecified atom stereocenters. The topological polar surface area (TPSA) is 173 Å². The van der Waals surface area contributed by atoms with Gasteiger partial charge < -0.3 is 24.8 Å². The monoisotopic (exact) mass is 884 g/mol. The number of nitrogens with one attached hydrogen (secondary N) is 1. The van der Waals surface area contributed by atoms with Crippen molar-refractivity contribution in [3.8, 4) is 18.1 Å². The normalized spacial score (nSPS) is 19.1. The molecule has 0 saturated carbocycles. The lowest BCUT2D eigenvalue weighted by Crippen LogP contribution is -2.44. The number of anilines is 1. The van der Waals surface area contributed by atoms with Crippen molar-refractivity contribution in [2.45, 2.75) is 141 Å². The van der Waals surface area contributed by atoms with Crippen LogP contribution in [0.3, 0.4) is 0 Å². The molecule has 1 saturated heterocycles. The van der Waals surface area contributed by atoms with Crippen molar-refractivity contribution in [1.82, 2.24) is 24.6 Å². The molecule has 3 heterocycles. The maximum atomic E-state index is 14.9. The van der Waals surface area contributed by atoms with Gasteiger partial charge in [0, 0.05) is 12.5 Å². The Balaban J connectivity index is 1.37. The fourth-order valence-electron chi connectivity index (χ4n) is 7.61. The van der Waals surface area contributed by atoms with Gasteiger partial charge in [0.15, 0.2) is 22.6 Å². The van der Waals surface area contributed by atoms with E-state index in [2.05, 4.69) is 39.8 Å². The number of nitrogens with zero attached hydrogens (tertiary/aromatic N) is 4. The van der Waals surface area contributed by atoms with Crippen LogP contribution in [-0.2, 0) is 29.8 Å². The fraction of sp³-hybridized carbons (Fsp3) is 0.556. The Morgan fingerprint density at radius 3 is 2.26 bits per heavy atom. The minimum absolute atomic E-state index is 0.0167. The molecule has 338 valence electrons. The molecule has 0 amide bonds. The Morgan fingerprint density at radius 2 is 1.63 bits per heavy atom. The van der Waals surface area contributed by atoms with E-state index in [1.54, 1.807) is 18.2 Å². The number of aliphatic hydroxyl groups excluding tert-OH is 1. The molecule has 5 rings (SSSR count). The lowest BCUT2D eigenvalue weighted by atomic mass is 9.94. The Labute approximate surface area is 362 Å². The summed E-state index contributed by atoms with van der Waals surface area (Å²) in [7, 11) is -4.72. The lowest BCUT2D eigenvalue weighted by Gasteiger charge is -2.30. The van der Waals surface area contributed by atoms with Crippen molar-refractivity contribution < 1.29 is 46.2 Å². The van der Waals surface area contributed by atoms with Gasteiger partial charge in [0.25, 0.3) is 0 Å². The van der Waals surface area contributed by atoms with Crippen LogP contribution in [0.2, 0.25) is 0 Å². The number of carbonyl (C=O) groups excluding carboxylic acids is 1. The molecule has 13 nitrogen and oxygen atoms in total. The summed E-state index contributed by atoms with van der Waals surface area (Å²) in [5, 5.41) is 14.0. The number of nitrogen functional groups attached to an aromatic ring is 1. The summed E-state index contributed by atoms with van der Waals surface area (Å²) in [6.45, 7) is 3.70. The number of carbonyl (C=O) groups is 1. The molecule has 1 fully saturated rings. The van der Waals surface area contributed by atoms with Gasteiger partial charge in [-0.1, -0.05) is 115 Å². The number of esters is 1. The molecule has 17 heteroatoms. The van der Waals surface area contributed by atoms with Gasteiger partial charge in [-0.05, 0) is 55.0 Å². The molecule has 4 N–H and O–H groups in total. The van der Waals surface area contributed by atoms with Crippen LogP contribution < -0.4 is 15.3 Å². The second-order valence-corrected chi connectivity index (χ2v) is 17.7. The minimum atomic E-state index is -4.72. The predicted molar refractivity (Wildman–Crippen MR) is 230 cm³/mol. The maximum absolute atomic E-state index is 14.9. The molecule has 0 bridgehead atoms. The Hall–Kier alpha value is -4.52. The molecule has 0 aliphatic carbocycles. The summed E-state index contributed by atoms with van der Waals surface area (Å²) in [4.78, 5) is 25.6. The molecule has 0 spiro atoms. The molecule has 5 atom stereocenters. The first-order chi connectivity index (χ1) is 29.9. The van der Waals surface area contributed by atoms with Gasteiger partial charge in [0.05, 0.1) is 12.9 Å². The van der Waals surface area contributed by atoms with E-state index >= 15 is 0 Å². The summed E-state index contributed by atoms with van der Waals surface area (Å²) < 4.78 is 83.4. The van der Waals surface area contributed by atoms with Crippen LogP contribution in [0.4, 0.5) is 19.0 Å². The lowest BCUT2D eigenvalue weighted by molar-refractivity contribution is -0.147. The number of benzene rings is 2. The van der Waals surface area contributed by atoms with E-state index in [-0.39, 0.29) is 53.7 Å². The van der Waals surface area contributed by atoms with Crippen molar-refractivity contribution in [3.05, 3.63) is 78.1 Å². The van der Waals surface area contributed by atoms with E-state index in [4.69, 9.17) is 30.7 Å². The van der Waals surface area contributed by atoms with Crippen molar-refractivity contribution >= 4 is 30.7 Å². The summed E-state index contributed by atoms with van der Waals surface area (Å²) in [5.74, 6) is -0.226. The van der Waals surface area contributed by atoms with E-state index in [0.29, 0.717) is 6.07 Å². The third-order valence-electron chi connectivity index (χ3n) is 11.1. The zero-order valence-corrected chi connectivity index (χ0v) is 36.5. The summed E-state index contributed by atoms with van der Waals surface area (Å²) in [6, 6.07) is 9.30. The highest BCUT2D eigenvalue weighted by Gasteiger charge is 2.50. The molecule has 62 heavy (non-hydrogen) atoms. The van der Waals surface area contributed by atoms with Crippen LogP contribution in [0.15, 0.2) is 54.9 Å². The number of aliphatic hydroxyl groups is 1. The number of imidazole rings is 1. The number of ether oxygens (including phenoxy) is 2. The minimum Gasteiger partial charge on any atom is -0.464 e. The van der Waals surface area contributed by atoms with Gasteiger partial charge in [-0.3, -0.25) is 13.9 Å². The average molecular weight is 885 g/mol. The smallest absolute Gasteiger partial charge is 0.459 e. The van der Waals surface area contributed by atoms with Crippen LogP contribution in [-0.4, -0.2) is 61.6 Å². The third-order valence-corrected chi connectivity index (χ3v) is 12.6. The fourth-order valence-corrected chi connectivity index (χ4v) is 9.13. The SMILES string of the molecule is C#C[C@]1(CO[P@@](=O)(N[C@@H](Cc2cc(F)cc(F)c2)C(=O)OCC(CCCCCCCC)CCCCCCCC)Oc2ccccc2)O[C@@H](n2cnc3c(N)nc(F)nc32)C[C@@H]1O. The van der Waals surface area contributed by atoms with E-state index in [1.165, 1.54) is 48.7 Å². The number of para-hydroxylation sites is 1. The molecule has 2 aromatic heterocycles. The van der Waals surface area contributed by atoms with E-state index in [9.17, 15) is 27.6 Å². The van der Waals surface area contributed by atoms with Crippen molar-refractivity contribution in [2.75, 3.05) is 18.9 Å². The number of hydrogen-bond donors (Lipinski definition) is 3. The molecular weight excluding hydrogens is 824 g/mol. The largest absolute Gasteiger partial charge is 0.464 e. The number of rotatable bonds is 27. The van der Waals surface area contributed by atoms with Crippen LogP contribution in [0.5, 0.6) is 5.75 Å². The second kappa shape index (κ2) is 23.8. The number of halogens is 3. The standard InChI is InChI=1S/C45H60F3N6O7P/c1-4-7-9-11-13-16-20-32(21-17-14-12-10-8-5-2)29-58-43(56)37(26-33-24-34(46)27-35(47)25-33)53-62(57,61-36-22-18-15-19-23-36)59-30-45(6-3)38(55)28-39(60-45)54-31-50-40-41(49)51-44(48)52-42(40)54/h3,15,18-19,22-25,27,31-32,37-39,55H,4-5,7-14,16-17,20-21,26,28-30H2,1-2H3,(H,53,57)(H2,49,51,52)/t37-,38-,39+,45+,62-/m0/s1. The highest BCUT2D eigenvalue weighted by Crippen LogP contribution is 2.48. The number of hydrogen-bond acceptors (Lipinski definition) is 11. The van der Waals surface area contributed by atoms with Crippen molar-refractivity contribution in [1.29, 1.82) is 0 Å². The van der Waals surface area contributed by atoms with Gasteiger partial charge in [-0.25, -0.2) is 18.3 Å². The van der Waals surface area contributed by atoms with Gasteiger partial charge in [-0.2, -0.15) is 19.4 Å². The molecule has 1 aliphatic heterocycles. The summed E-state index contributed by atoms with van der Waals surface area (Å²) >= 11 is 0. The van der Waals surface area contributed by atoms with Gasteiger partial charge in [0.1, 0.15) is 42.4 Å². The van der Waals surface area contributed by atoms with Gasteiger partial charge >= 0.3 is 19.8 Å². The average Bonchev–Trinajstić information content (AvgIpc) is 3.81. The number of unbranched alkanes of at least 4 members (excludes halogenated alkanes) is 10. The zero-order valence-electron chi connectivity index (χ0n) is 35.7. The number of aromatic nitrogens is 4. The highest BCUT2D eigenvalue weighted by molar-refractivity contribution is 7.52. The van der Waals surface area contributed by atoms with Gasteiger partial charge in [-0.15, -0.1) is 6.42 Å². The van der Waals surface area contributed by atoms with Crippen LogP contribution in [0.25, 0.3) is 11.2 Å². The first-order valence-corrected chi connectivity index (χ1v) is 23.3. The van der Waals surface area contributed by atoms with Crippen molar-refractivity contribution in [3.63, 3.8) is 0 Å².